The van der Waals surface area contributed by atoms with Crippen LogP contribution in [0.2, 0.25) is 0 Å². The molecule has 0 atom stereocenters. The fourth-order valence-electron chi connectivity index (χ4n) is 2.07. The van der Waals surface area contributed by atoms with Gasteiger partial charge < -0.3 is 10.2 Å². The molecule has 0 spiro atoms. The van der Waals surface area contributed by atoms with Gasteiger partial charge in [0.15, 0.2) is 0 Å². The van der Waals surface area contributed by atoms with E-state index in [0.717, 1.165) is 13.1 Å². The van der Waals surface area contributed by atoms with Crippen LogP contribution in [0.3, 0.4) is 0 Å². The molecule has 0 saturated carbocycles. The standard InChI is InChI=1S/C16H28N2/c1-4-11-17-12-6-5-7-13-18(3)16-10-8-9-15(2)14-16/h8-10,14,17H,4-7,11-13H2,1-3H3. The molecule has 0 unspecified atom stereocenters. The highest BCUT2D eigenvalue weighted by Crippen LogP contribution is 2.14. The molecule has 0 aliphatic carbocycles. The maximum Gasteiger partial charge on any atom is 0.0366 e. The second kappa shape index (κ2) is 8.98. The van der Waals surface area contributed by atoms with Crippen LogP contribution in [0.1, 0.15) is 38.2 Å². The summed E-state index contributed by atoms with van der Waals surface area (Å²) >= 11 is 0. The van der Waals surface area contributed by atoms with Crippen molar-refractivity contribution in [2.24, 2.45) is 0 Å². The molecular weight excluding hydrogens is 220 g/mol. The summed E-state index contributed by atoms with van der Waals surface area (Å²) < 4.78 is 0. The van der Waals surface area contributed by atoms with E-state index in [1.165, 1.54) is 43.5 Å². The van der Waals surface area contributed by atoms with Crippen molar-refractivity contribution >= 4 is 5.69 Å². The summed E-state index contributed by atoms with van der Waals surface area (Å²) in [6.45, 7) is 7.84. The minimum atomic E-state index is 1.15. The van der Waals surface area contributed by atoms with Gasteiger partial charge in [-0.2, -0.15) is 0 Å². The van der Waals surface area contributed by atoms with E-state index in [0.29, 0.717) is 0 Å². The number of unbranched alkanes of at least 4 members (excludes halogenated alkanes) is 2. The molecule has 0 amide bonds. The quantitative estimate of drug-likeness (QED) is 0.672. The lowest BCUT2D eigenvalue weighted by atomic mass is 10.2. The molecule has 0 fully saturated rings. The van der Waals surface area contributed by atoms with Crippen LogP contribution in [0, 0.1) is 6.92 Å². The van der Waals surface area contributed by atoms with Crippen molar-refractivity contribution in [2.45, 2.75) is 39.5 Å². The summed E-state index contributed by atoms with van der Waals surface area (Å²) in [6, 6.07) is 8.73. The van der Waals surface area contributed by atoms with E-state index in [4.69, 9.17) is 0 Å². The molecule has 0 heterocycles. The molecule has 2 nitrogen and oxygen atoms in total. The summed E-state index contributed by atoms with van der Waals surface area (Å²) in [5.41, 5.74) is 2.67. The highest BCUT2D eigenvalue weighted by Gasteiger charge is 2.00. The Labute approximate surface area is 112 Å². The number of aryl methyl sites for hydroxylation is 1. The van der Waals surface area contributed by atoms with Crippen molar-refractivity contribution in [3.05, 3.63) is 29.8 Å². The molecule has 0 aliphatic rings. The van der Waals surface area contributed by atoms with Gasteiger partial charge in [0.05, 0.1) is 0 Å². The molecule has 1 rings (SSSR count). The third-order valence-corrected chi connectivity index (χ3v) is 3.22. The molecule has 102 valence electrons. The normalized spacial score (nSPS) is 10.6. The van der Waals surface area contributed by atoms with Crippen LogP contribution < -0.4 is 10.2 Å². The first-order chi connectivity index (χ1) is 8.74. The van der Waals surface area contributed by atoms with Gasteiger partial charge in [-0.15, -0.1) is 0 Å². The van der Waals surface area contributed by atoms with Crippen molar-refractivity contribution in [1.82, 2.24) is 5.32 Å². The van der Waals surface area contributed by atoms with E-state index in [1.807, 2.05) is 0 Å². The zero-order chi connectivity index (χ0) is 13.2. The van der Waals surface area contributed by atoms with E-state index in [-0.39, 0.29) is 0 Å². The fourth-order valence-corrected chi connectivity index (χ4v) is 2.07. The Balaban J connectivity index is 2.12. The molecule has 1 aromatic carbocycles. The molecule has 0 radical (unpaired) electrons. The van der Waals surface area contributed by atoms with Gasteiger partial charge in [0.2, 0.25) is 0 Å². The Morgan fingerprint density at radius 2 is 1.94 bits per heavy atom. The van der Waals surface area contributed by atoms with Crippen molar-refractivity contribution in [3.8, 4) is 0 Å². The Morgan fingerprint density at radius 1 is 1.11 bits per heavy atom. The third kappa shape index (κ3) is 6.06. The highest BCUT2D eigenvalue weighted by molar-refractivity contribution is 5.47. The Morgan fingerprint density at radius 3 is 2.67 bits per heavy atom. The van der Waals surface area contributed by atoms with Gasteiger partial charge in [-0.3, -0.25) is 0 Å². The SMILES string of the molecule is CCCNCCCCCN(C)c1cccc(C)c1. The summed E-state index contributed by atoms with van der Waals surface area (Å²) in [5.74, 6) is 0. The zero-order valence-electron chi connectivity index (χ0n) is 12.2. The monoisotopic (exact) mass is 248 g/mol. The molecule has 2 heteroatoms. The lowest BCUT2D eigenvalue weighted by Gasteiger charge is -2.19. The second-order valence-corrected chi connectivity index (χ2v) is 5.07. The van der Waals surface area contributed by atoms with E-state index in [1.54, 1.807) is 0 Å². The smallest absolute Gasteiger partial charge is 0.0366 e. The van der Waals surface area contributed by atoms with Crippen LogP contribution in [0.4, 0.5) is 5.69 Å². The number of nitrogens with one attached hydrogen (secondary N) is 1. The minimum absolute atomic E-state index is 1.15. The van der Waals surface area contributed by atoms with E-state index >= 15 is 0 Å². The lowest BCUT2D eigenvalue weighted by Crippen LogP contribution is -2.19. The van der Waals surface area contributed by atoms with E-state index < -0.39 is 0 Å². The Kier molecular flexibility index (Phi) is 7.51. The molecule has 0 saturated heterocycles. The highest BCUT2D eigenvalue weighted by atomic mass is 15.1. The van der Waals surface area contributed by atoms with E-state index in [2.05, 4.69) is 55.4 Å². The second-order valence-electron chi connectivity index (χ2n) is 5.07. The topological polar surface area (TPSA) is 15.3 Å². The van der Waals surface area contributed by atoms with Crippen LogP contribution >= 0.6 is 0 Å². The van der Waals surface area contributed by atoms with Gasteiger partial charge in [-0.25, -0.2) is 0 Å². The van der Waals surface area contributed by atoms with Crippen molar-refractivity contribution in [2.75, 3.05) is 31.6 Å². The Bertz CT molecular complexity index is 323. The summed E-state index contributed by atoms with van der Waals surface area (Å²) in [7, 11) is 2.18. The summed E-state index contributed by atoms with van der Waals surface area (Å²) in [5, 5.41) is 3.45. The largest absolute Gasteiger partial charge is 0.375 e. The maximum atomic E-state index is 3.45. The third-order valence-electron chi connectivity index (χ3n) is 3.22. The fraction of sp³-hybridized carbons (Fsp3) is 0.625. The molecule has 0 bridgehead atoms. The van der Waals surface area contributed by atoms with Crippen LogP contribution in [0.5, 0.6) is 0 Å². The first-order valence-corrected chi connectivity index (χ1v) is 7.22. The van der Waals surface area contributed by atoms with Crippen LogP contribution in [-0.2, 0) is 0 Å². The summed E-state index contributed by atoms with van der Waals surface area (Å²) in [6.07, 6.45) is 5.11. The van der Waals surface area contributed by atoms with Crippen LogP contribution in [0.25, 0.3) is 0 Å². The number of hydrogen-bond donors (Lipinski definition) is 1. The number of rotatable bonds is 9. The van der Waals surface area contributed by atoms with Crippen molar-refractivity contribution < 1.29 is 0 Å². The van der Waals surface area contributed by atoms with Gasteiger partial charge >= 0.3 is 0 Å². The average molecular weight is 248 g/mol. The predicted octanol–water partition coefficient (Wildman–Crippen LogP) is 3.60. The molecular formula is C16H28N2. The molecule has 1 N–H and O–H groups in total. The number of benzene rings is 1. The van der Waals surface area contributed by atoms with Gasteiger partial charge in [0, 0.05) is 19.3 Å². The van der Waals surface area contributed by atoms with Crippen molar-refractivity contribution in [1.29, 1.82) is 0 Å². The summed E-state index contributed by atoms with van der Waals surface area (Å²) in [4.78, 5) is 2.35. The van der Waals surface area contributed by atoms with Gasteiger partial charge in [0.25, 0.3) is 0 Å². The minimum Gasteiger partial charge on any atom is -0.375 e. The number of anilines is 1. The maximum absolute atomic E-state index is 3.45. The predicted molar refractivity (Wildman–Crippen MR) is 81.5 cm³/mol. The molecule has 1 aromatic rings. The number of hydrogen-bond acceptors (Lipinski definition) is 2. The Hall–Kier alpha value is -1.02. The van der Waals surface area contributed by atoms with E-state index in [9.17, 15) is 0 Å². The zero-order valence-corrected chi connectivity index (χ0v) is 12.2. The first kappa shape index (κ1) is 15.0. The van der Waals surface area contributed by atoms with Crippen molar-refractivity contribution in [3.63, 3.8) is 0 Å². The molecule has 0 aliphatic heterocycles. The molecule has 0 aromatic heterocycles. The average Bonchev–Trinajstić information content (AvgIpc) is 2.37. The van der Waals surface area contributed by atoms with Gasteiger partial charge in [-0.1, -0.05) is 25.5 Å². The van der Waals surface area contributed by atoms with Gasteiger partial charge in [-0.05, 0) is 57.0 Å². The lowest BCUT2D eigenvalue weighted by molar-refractivity contribution is 0.598. The molecule has 18 heavy (non-hydrogen) atoms. The first-order valence-electron chi connectivity index (χ1n) is 7.22. The van der Waals surface area contributed by atoms with Crippen LogP contribution in [0.15, 0.2) is 24.3 Å². The van der Waals surface area contributed by atoms with Gasteiger partial charge in [0.1, 0.15) is 0 Å². The van der Waals surface area contributed by atoms with Crippen LogP contribution in [-0.4, -0.2) is 26.7 Å². The number of nitrogens with zero attached hydrogens (tertiary/aromatic N) is 1.